The van der Waals surface area contributed by atoms with Crippen LogP contribution in [0.1, 0.15) is 65.7 Å². The molecule has 0 atom stereocenters. The predicted molar refractivity (Wildman–Crippen MR) is 56.8 cm³/mol. The number of hydrogen-bond acceptors (Lipinski definition) is 2. The summed E-state index contributed by atoms with van der Waals surface area (Å²) < 4.78 is 0. The maximum atomic E-state index is 10.2. The summed E-state index contributed by atoms with van der Waals surface area (Å²) in [7, 11) is 0. The molecule has 3 heteroatoms. The van der Waals surface area contributed by atoms with Crippen LogP contribution in [0.3, 0.4) is 0 Å². The summed E-state index contributed by atoms with van der Waals surface area (Å²) in [6, 6.07) is 0. The van der Waals surface area contributed by atoms with E-state index >= 15 is 0 Å². The van der Waals surface area contributed by atoms with Gasteiger partial charge in [0.15, 0.2) is 0 Å². The fourth-order valence-electron chi connectivity index (χ4n) is 2.05. The SMILES string of the molecule is CCC(CC)(CC)CCCCC(=O)[O-].[Na+]. The Hall–Kier alpha value is 0.470. The zero-order valence-electron chi connectivity index (χ0n) is 10.8. The second kappa shape index (κ2) is 9.68. The van der Waals surface area contributed by atoms with E-state index in [9.17, 15) is 9.90 Å². The molecule has 0 aliphatic rings. The van der Waals surface area contributed by atoms with Crippen molar-refractivity contribution in [1.29, 1.82) is 0 Å². The van der Waals surface area contributed by atoms with E-state index in [2.05, 4.69) is 20.8 Å². The molecule has 0 rings (SSSR count). The van der Waals surface area contributed by atoms with Crippen LogP contribution in [0, 0.1) is 5.41 Å². The van der Waals surface area contributed by atoms with Crippen LogP contribution in [0.5, 0.6) is 0 Å². The molecular formula is C12H23NaO2. The topological polar surface area (TPSA) is 40.1 Å². The third-order valence-electron chi connectivity index (χ3n) is 3.59. The van der Waals surface area contributed by atoms with Crippen molar-refractivity contribution in [2.45, 2.75) is 65.7 Å². The molecule has 0 fully saturated rings. The minimum Gasteiger partial charge on any atom is -0.550 e. The quantitative estimate of drug-likeness (QED) is 0.411. The first-order valence-corrected chi connectivity index (χ1v) is 5.80. The third kappa shape index (κ3) is 7.37. The standard InChI is InChI=1S/C12H24O2.Na/c1-4-12(5-2,6-3)10-8-7-9-11(13)14;/h4-10H2,1-3H3,(H,13,14);/q;+1/p-1. The Morgan fingerprint density at radius 2 is 1.53 bits per heavy atom. The summed E-state index contributed by atoms with van der Waals surface area (Å²) in [4.78, 5) is 10.2. The molecule has 0 aromatic carbocycles. The minimum atomic E-state index is -0.917. The molecule has 0 radical (unpaired) electrons. The van der Waals surface area contributed by atoms with Gasteiger partial charge in [-0.25, -0.2) is 0 Å². The molecule has 0 spiro atoms. The van der Waals surface area contributed by atoms with Crippen LogP contribution in [0.15, 0.2) is 0 Å². The van der Waals surface area contributed by atoms with Crippen LogP contribution in [0.25, 0.3) is 0 Å². The second-order valence-electron chi connectivity index (χ2n) is 4.14. The smallest absolute Gasteiger partial charge is 0.550 e. The molecule has 0 saturated carbocycles. The van der Waals surface area contributed by atoms with Crippen molar-refractivity contribution in [3.8, 4) is 0 Å². The molecule has 0 aliphatic carbocycles. The van der Waals surface area contributed by atoms with Crippen LogP contribution in [0.2, 0.25) is 0 Å². The van der Waals surface area contributed by atoms with Crippen molar-refractivity contribution in [3.63, 3.8) is 0 Å². The van der Waals surface area contributed by atoms with Crippen molar-refractivity contribution in [2.75, 3.05) is 0 Å². The van der Waals surface area contributed by atoms with E-state index in [1.165, 1.54) is 19.3 Å². The number of carboxylic acids is 1. The van der Waals surface area contributed by atoms with Gasteiger partial charge in [0.05, 0.1) is 0 Å². The van der Waals surface area contributed by atoms with Crippen LogP contribution < -0.4 is 34.7 Å². The van der Waals surface area contributed by atoms with Crippen molar-refractivity contribution < 1.29 is 39.5 Å². The fraction of sp³-hybridized carbons (Fsp3) is 0.917. The molecule has 0 saturated heterocycles. The first-order chi connectivity index (χ1) is 6.60. The number of carbonyl (C=O) groups is 1. The van der Waals surface area contributed by atoms with Gasteiger partial charge < -0.3 is 9.90 Å². The molecule has 0 amide bonds. The predicted octanol–water partition coefficient (Wildman–Crippen LogP) is -0.483. The van der Waals surface area contributed by atoms with Gasteiger partial charge in [0.1, 0.15) is 0 Å². The Kier molecular flexibility index (Phi) is 11.5. The molecular weight excluding hydrogens is 199 g/mol. The molecule has 0 unspecified atom stereocenters. The normalized spacial score (nSPS) is 10.9. The second-order valence-corrected chi connectivity index (χ2v) is 4.14. The van der Waals surface area contributed by atoms with E-state index in [4.69, 9.17) is 0 Å². The first kappa shape index (κ1) is 17.9. The molecule has 0 N–H and O–H groups in total. The Labute approximate surface area is 116 Å². The molecule has 15 heavy (non-hydrogen) atoms. The Balaban J connectivity index is 0. The number of carboxylic acid groups (broad SMARTS) is 1. The van der Waals surface area contributed by atoms with Crippen LogP contribution in [-0.4, -0.2) is 5.97 Å². The van der Waals surface area contributed by atoms with E-state index in [-0.39, 0.29) is 36.0 Å². The van der Waals surface area contributed by atoms with Crippen molar-refractivity contribution >= 4 is 5.97 Å². The molecule has 84 valence electrons. The molecule has 0 bridgehead atoms. The van der Waals surface area contributed by atoms with Gasteiger partial charge >= 0.3 is 29.6 Å². The van der Waals surface area contributed by atoms with Gasteiger partial charge in [0.2, 0.25) is 0 Å². The van der Waals surface area contributed by atoms with E-state index in [0.29, 0.717) is 5.41 Å². The van der Waals surface area contributed by atoms with Gasteiger partial charge in [0, 0.05) is 5.97 Å². The first-order valence-electron chi connectivity index (χ1n) is 5.80. The number of hydrogen-bond donors (Lipinski definition) is 0. The van der Waals surface area contributed by atoms with E-state index in [1.54, 1.807) is 0 Å². The summed E-state index contributed by atoms with van der Waals surface area (Å²) in [5, 5.41) is 10.2. The molecule has 2 nitrogen and oxygen atoms in total. The molecule has 0 aliphatic heterocycles. The van der Waals surface area contributed by atoms with Crippen LogP contribution in [-0.2, 0) is 4.79 Å². The fourth-order valence-corrected chi connectivity index (χ4v) is 2.05. The summed E-state index contributed by atoms with van der Waals surface area (Å²) in [6.45, 7) is 6.68. The largest absolute Gasteiger partial charge is 1.00 e. The average Bonchev–Trinajstić information content (AvgIpc) is 2.19. The van der Waals surface area contributed by atoms with E-state index in [1.807, 2.05) is 0 Å². The monoisotopic (exact) mass is 222 g/mol. The van der Waals surface area contributed by atoms with Gasteiger partial charge in [-0.3, -0.25) is 0 Å². The number of rotatable bonds is 8. The van der Waals surface area contributed by atoms with Gasteiger partial charge in [0.25, 0.3) is 0 Å². The minimum absolute atomic E-state index is 0. The maximum Gasteiger partial charge on any atom is 1.00 e. The average molecular weight is 222 g/mol. The third-order valence-corrected chi connectivity index (χ3v) is 3.59. The van der Waals surface area contributed by atoms with E-state index in [0.717, 1.165) is 19.3 Å². The molecule has 0 aromatic heterocycles. The molecule has 0 heterocycles. The van der Waals surface area contributed by atoms with Crippen LogP contribution >= 0.6 is 0 Å². The van der Waals surface area contributed by atoms with Crippen molar-refractivity contribution in [1.82, 2.24) is 0 Å². The van der Waals surface area contributed by atoms with Gasteiger partial charge in [-0.05, 0) is 24.7 Å². The number of unbranched alkanes of at least 4 members (excludes halogenated alkanes) is 1. The maximum absolute atomic E-state index is 10.2. The zero-order valence-corrected chi connectivity index (χ0v) is 12.8. The van der Waals surface area contributed by atoms with E-state index < -0.39 is 5.97 Å². The number of carbonyl (C=O) groups excluding carboxylic acids is 1. The summed E-state index contributed by atoms with van der Waals surface area (Å²) in [5.41, 5.74) is 0.450. The summed E-state index contributed by atoms with van der Waals surface area (Å²) >= 11 is 0. The Bertz CT molecular complexity index is 157. The van der Waals surface area contributed by atoms with Gasteiger partial charge in [-0.1, -0.05) is 46.5 Å². The Morgan fingerprint density at radius 1 is 1.07 bits per heavy atom. The van der Waals surface area contributed by atoms with Gasteiger partial charge in [-0.15, -0.1) is 0 Å². The summed E-state index contributed by atoms with van der Waals surface area (Å²) in [6.07, 6.45) is 6.76. The zero-order chi connectivity index (χ0) is 11.0. The van der Waals surface area contributed by atoms with Crippen molar-refractivity contribution in [2.24, 2.45) is 5.41 Å². The van der Waals surface area contributed by atoms with Crippen LogP contribution in [0.4, 0.5) is 0 Å². The molecule has 0 aromatic rings. The summed E-state index contributed by atoms with van der Waals surface area (Å²) in [5.74, 6) is -0.917. The van der Waals surface area contributed by atoms with Gasteiger partial charge in [-0.2, -0.15) is 0 Å². The Morgan fingerprint density at radius 3 is 1.87 bits per heavy atom. The number of aliphatic carboxylic acids is 1. The van der Waals surface area contributed by atoms with Crippen molar-refractivity contribution in [3.05, 3.63) is 0 Å².